The van der Waals surface area contributed by atoms with Crippen molar-refractivity contribution in [3.8, 4) is 0 Å². The van der Waals surface area contributed by atoms with Crippen LogP contribution in [0.2, 0.25) is 0 Å². The third kappa shape index (κ3) is 1.46. The number of aromatic nitrogens is 2. The van der Waals surface area contributed by atoms with E-state index in [1.165, 1.54) is 6.07 Å². The Morgan fingerprint density at radius 1 is 0.938 bits per heavy atom. The number of para-hydroxylation sites is 1. The van der Waals surface area contributed by atoms with Crippen LogP contribution in [0.25, 0.3) is 22.1 Å². The lowest BCUT2D eigenvalue weighted by atomic mass is 10.2. The van der Waals surface area contributed by atoms with Crippen LogP contribution >= 0.6 is 15.9 Å². The zero-order chi connectivity index (χ0) is 11.1. The van der Waals surface area contributed by atoms with E-state index in [0.29, 0.717) is 16.6 Å². The Morgan fingerprint density at radius 3 is 2.69 bits per heavy atom. The molecule has 1 aromatic heterocycles. The van der Waals surface area contributed by atoms with Crippen LogP contribution in [0.3, 0.4) is 0 Å². The third-order valence-electron chi connectivity index (χ3n) is 2.38. The number of hydrogen-bond acceptors (Lipinski definition) is 2. The fourth-order valence-corrected chi connectivity index (χ4v) is 1.98. The summed E-state index contributed by atoms with van der Waals surface area (Å²) in [5.74, 6) is -0.341. The SMILES string of the molecule is Fc1cccc2nc3ccc(Br)cc3nc12. The first-order valence-corrected chi connectivity index (χ1v) is 5.55. The quantitative estimate of drug-likeness (QED) is 0.586. The van der Waals surface area contributed by atoms with Crippen molar-refractivity contribution in [3.05, 3.63) is 46.7 Å². The second-order valence-electron chi connectivity index (χ2n) is 3.46. The molecule has 78 valence electrons. The molecule has 0 radical (unpaired) electrons. The number of benzene rings is 2. The highest BCUT2D eigenvalue weighted by molar-refractivity contribution is 9.10. The maximum Gasteiger partial charge on any atom is 0.151 e. The predicted molar refractivity (Wildman–Crippen MR) is 64.7 cm³/mol. The number of nitrogens with zero attached hydrogens (tertiary/aromatic N) is 2. The lowest BCUT2D eigenvalue weighted by Crippen LogP contribution is -1.89. The van der Waals surface area contributed by atoms with Crippen LogP contribution < -0.4 is 0 Å². The van der Waals surface area contributed by atoms with Gasteiger partial charge in [-0.1, -0.05) is 22.0 Å². The highest BCUT2D eigenvalue weighted by Crippen LogP contribution is 2.21. The molecule has 0 aliphatic carbocycles. The van der Waals surface area contributed by atoms with Crippen LogP contribution in [0.1, 0.15) is 0 Å². The minimum atomic E-state index is -0.341. The average Bonchev–Trinajstić information content (AvgIpc) is 2.28. The van der Waals surface area contributed by atoms with Gasteiger partial charge in [0.2, 0.25) is 0 Å². The lowest BCUT2D eigenvalue weighted by molar-refractivity contribution is 0.637. The minimum absolute atomic E-state index is 0.313. The van der Waals surface area contributed by atoms with Crippen LogP contribution in [0.4, 0.5) is 4.39 Å². The zero-order valence-electron chi connectivity index (χ0n) is 8.11. The maximum absolute atomic E-state index is 13.5. The first kappa shape index (κ1) is 9.66. The maximum atomic E-state index is 13.5. The molecule has 2 aromatic carbocycles. The molecule has 0 atom stereocenters. The summed E-state index contributed by atoms with van der Waals surface area (Å²) in [6.07, 6.45) is 0. The van der Waals surface area contributed by atoms with Crippen molar-refractivity contribution in [2.45, 2.75) is 0 Å². The summed E-state index contributed by atoms with van der Waals surface area (Å²) in [7, 11) is 0. The first-order chi connectivity index (χ1) is 7.74. The molecule has 2 nitrogen and oxygen atoms in total. The fourth-order valence-electron chi connectivity index (χ4n) is 1.64. The second-order valence-corrected chi connectivity index (χ2v) is 4.38. The molecule has 4 heteroatoms. The third-order valence-corrected chi connectivity index (χ3v) is 2.87. The minimum Gasteiger partial charge on any atom is -0.244 e. The largest absolute Gasteiger partial charge is 0.244 e. The van der Waals surface area contributed by atoms with Crippen LogP contribution in [0.5, 0.6) is 0 Å². The summed E-state index contributed by atoms with van der Waals surface area (Å²) in [6.45, 7) is 0. The molecule has 3 aromatic rings. The summed E-state index contributed by atoms with van der Waals surface area (Å²) < 4.78 is 14.4. The van der Waals surface area contributed by atoms with Gasteiger partial charge in [0.05, 0.1) is 16.6 Å². The Bertz CT molecular complexity index is 697. The van der Waals surface area contributed by atoms with Crippen LogP contribution in [-0.4, -0.2) is 9.97 Å². The summed E-state index contributed by atoms with van der Waals surface area (Å²) in [5.41, 5.74) is 2.34. The van der Waals surface area contributed by atoms with E-state index in [-0.39, 0.29) is 5.82 Å². The smallest absolute Gasteiger partial charge is 0.151 e. The molecule has 0 spiro atoms. The Kier molecular flexibility index (Phi) is 2.11. The Balaban J connectivity index is 2.49. The molecular formula is C12H6BrFN2. The summed E-state index contributed by atoms with van der Waals surface area (Å²) >= 11 is 3.35. The van der Waals surface area contributed by atoms with Gasteiger partial charge in [0.25, 0.3) is 0 Å². The van der Waals surface area contributed by atoms with Gasteiger partial charge in [-0.25, -0.2) is 14.4 Å². The standard InChI is InChI=1S/C12H6BrFN2/c13-7-4-5-9-11(6-7)16-12-8(14)2-1-3-10(12)15-9/h1-6H. The van der Waals surface area contributed by atoms with Crippen molar-refractivity contribution in [2.24, 2.45) is 0 Å². The molecule has 0 N–H and O–H groups in total. The van der Waals surface area contributed by atoms with Crippen LogP contribution in [-0.2, 0) is 0 Å². The zero-order valence-corrected chi connectivity index (χ0v) is 9.70. The predicted octanol–water partition coefficient (Wildman–Crippen LogP) is 3.68. The van der Waals surface area contributed by atoms with Crippen molar-refractivity contribution >= 4 is 38.0 Å². The number of halogens is 2. The van der Waals surface area contributed by atoms with E-state index in [9.17, 15) is 4.39 Å². The Morgan fingerprint density at radius 2 is 1.81 bits per heavy atom. The van der Waals surface area contributed by atoms with Gasteiger partial charge in [-0.3, -0.25) is 0 Å². The normalized spacial score (nSPS) is 11.1. The van der Waals surface area contributed by atoms with E-state index in [2.05, 4.69) is 25.9 Å². The van der Waals surface area contributed by atoms with E-state index in [1.54, 1.807) is 12.1 Å². The molecule has 16 heavy (non-hydrogen) atoms. The van der Waals surface area contributed by atoms with Gasteiger partial charge < -0.3 is 0 Å². The molecule has 0 bridgehead atoms. The fraction of sp³-hybridized carbons (Fsp3) is 0. The van der Waals surface area contributed by atoms with Gasteiger partial charge >= 0.3 is 0 Å². The Hall–Kier alpha value is -1.55. The number of hydrogen-bond donors (Lipinski definition) is 0. The topological polar surface area (TPSA) is 25.8 Å². The molecule has 3 rings (SSSR count). The molecule has 0 aliphatic heterocycles. The Labute approximate surface area is 99.3 Å². The highest BCUT2D eigenvalue weighted by Gasteiger charge is 2.05. The molecular weight excluding hydrogens is 271 g/mol. The van der Waals surface area contributed by atoms with Gasteiger partial charge in [-0.05, 0) is 30.3 Å². The molecule has 0 fully saturated rings. The van der Waals surface area contributed by atoms with Crippen molar-refractivity contribution < 1.29 is 4.39 Å². The summed E-state index contributed by atoms with van der Waals surface area (Å²) in [5, 5.41) is 0. The van der Waals surface area contributed by atoms with E-state index in [4.69, 9.17) is 0 Å². The van der Waals surface area contributed by atoms with E-state index in [0.717, 1.165) is 9.99 Å². The van der Waals surface area contributed by atoms with Crippen molar-refractivity contribution in [3.63, 3.8) is 0 Å². The van der Waals surface area contributed by atoms with Crippen LogP contribution in [0, 0.1) is 5.82 Å². The van der Waals surface area contributed by atoms with Gasteiger partial charge in [-0.2, -0.15) is 0 Å². The van der Waals surface area contributed by atoms with Crippen molar-refractivity contribution in [2.75, 3.05) is 0 Å². The molecule has 0 unspecified atom stereocenters. The molecule has 0 saturated heterocycles. The molecule has 0 aliphatic rings. The molecule has 1 heterocycles. The molecule has 0 saturated carbocycles. The summed E-state index contributed by atoms with van der Waals surface area (Å²) in [4.78, 5) is 8.63. The van der Waals surface area contributed by atoms with E-state index in [1.807, 2.05) is 18.2 Å². The average molecular weight is 277 g/mol. The molecule has 0 amide bonds. The van der Waals surface area contributed by atoms with Gasteiger partial charge in [0.1, 0.15) is 5.52 Å². The second kappa shape index (κ2) is 3.49. The van der Waals surface area contributed by atoms with Crippen molar-refractivity contribution in [1.82, 2.24) is 9.97 Å². The van der Waals surface area contributed by atoms with Crippen LogP contribution in [0.15, 0.2) is 40.9 Å². The van der Waals surface area contributed by atoms with E-state index < -0.39 is 0 Å². The van der Waals surface area contributed by atoms with E-state index >= 15 is 0 Å². The number of rotatable bonds is 0. The summed E-state index contributed by atoms with van der Waals surface area (Å²) in [6, 6.07) is 10.4. The number of fused-ring (bicyclic) bond motifs is 2. The highest BCUT2D eigenvalue weighted by atomic mass is 79.9. The first-order valence-electron chi connectivity index (χ1n) is 4.75. The van der Waals surface area contributed by atoms with Gasteiger partial charge in [0, 0.05) is 4.47 Å². The monoisotopic (exact) mass is 276 g/mol. The lowest BCUT2D eigenvalue weighted by Gasteiger charge is -2.01. The van der Waals surface area contributed by atoms with Crippen molar-refractivity contribution in [1.29, 1.82) is 0 Å². The van der Waals surface area contributed by atoms with Gasteiger partial charge in [0.15, 0.2) is 5.82 Å². The van der Waals surface area contributed by atoms with Gasteiger partial charge in [-0.15, -0.1) is 0 Å².